The molecule has 3 heterocycles. The van der Waals surface area contributed by atoms with Crippen molar-refractivity contribution in [1.82, 2.24) is 19.5 Å². The first-order valence-electron chi connectivity index (χ1n) is 14.1. The van der Waals surface area contributed by atoms with Gasteiger partial charge in [0.1, 0.15) is 0 Å². The summed E-state index contributed by atoms with van der Waals surface area (Å²) in [5, 5.41) is 0. The topological polar surface area (TPSA) is 63.6 Å². The predicted octanol–water partition coefficient (Wildman–Crippen LogP) is 8.53. The molecule has 0 fully saturated rings. The number of benzene rings is 3. The maximum absolute atomic E-state index is 13.9. The fraction of sp³-hybridized carbons (Fsp3) is 0.194. The molecule has 5 heteroatoms. The molecule has 0 aliphatic heterocycles. The van der Waals surface area contributed by atoms with E-state index in [1.54, 1.807) is 6.20 Å². The highest BCUT2D eigenvalue weighted by Crippen LogP contribution is 2.37. The third-order valence-electron chi connectivity index (χ3n) is 7.59. The smallest absolute Gasteiger partial charge is 0.196 e. The Kier molecular flexibility index (Phi) is 6.66. The van der Waals surface area contributed by atoms with E-state index in [1.807, 2.05) is 48.8 Å². The molecule has 0 aliphatic carbocycles. The number of imidazole rings is 1. The van der Waals surface area contributed by atoms with E-state index in [1.165, 1.54) is 5.56 Å². The van der Waals surface area contributed by atoms with E-state index in [2.05, 4.69) is 97.7 Å². The number of hydrogen-bond donors (Lipinski definition) is 1. The fourth-order valence-corrected chi connectivity index (χ4v) is 5.38. The van der Waals surface area contributed by atoms with Crippen LogP contribution in [0.25, 0.3) is 50.5 Å². The van der Waals surface area contributed by atoms with Gasteiger partial charge in [-0.25, -0.2) is 4.98 Å². The second kappa shape index (κ2) is 10.3. The zero-order valence-electron chi connectivity index (χ0n) is 24.1. The first kappa shape index (κ1) is 26.5. The van der Waals surface area contributed by atoms with Gasteiger partial charge in [0, 0.05) is 41.0 Å². The standard InChI is InChI=1S/C36H34N4O/c1-23(2)24-18-25(20-26(19-24)31-15-9-10-17-38-31)28-14-11-16-32-33(28)39-35(40(32)27-12-7-6-8-13-27)29-21-37-22-30(34(29)41)36(3,4)5/h6-23H,1-5H3,(H,37,41). The quantitative estimate of drug-likeness (QED) is 0.239. The first-order valence-corrected chi connectivity index (χ1v) is 14.1. The number of hydrogen-bond acceptors (Lipinski definition) is 3. The number of nitrogens with one attached hydrogen (secondary N) is 1. The van der Waals surface area contributed by atoms with Crippen molar-refractivity contribution < 1.29 is 0 Å². The lowest BCUT2D eigenvalue weighted by molar-refractivity contribution is 0.583. The van der Waals surface area contributed by atoms with Gasteiger partial charge in [0.15, 0.2) is 11.3 Å². The Morgan fingerprint density at radius 2 is 1.56 bits per heavy atom. The van der Waals surface area contributed by atoms with Crippen LogP contribution in [0.3, 0.4) is 0 Å². The minimum atomic E-state index is -0.308. The fourth-order valence-electron chi connectivity index (χ4n) is 5.38. The zero-order chi connectivity index (χ0) is 28.7. The molecule has 41 heavy (non-hydrogen) atoms. The average Bonchev–Trinajstić information content (AvgIpc) is 3.37. The second-order valence-electron chi connectivity index (χ2n) is 11.9. The van der Waals surface area contributed by atoms with Gasteiger partial charge in [0.25, 0.3) is 0 Å². The van der Waals surface area contributed by atoms with Crippen LogP contribution in [-0.4, -0.2) is 19.5 Å². The molecule has 204 valence electrons. The molecule has 0 saturated heterocycles. The van der Waals surface area contributed by atoms with Crippen molar-refractivity contribution in [3.05, 3.63) is 125 Å². The van der Waals surface area contributed by atoms with Crippen molar-refractivity contribution in [2.45, 2.75) is 46.0 Å². The van der Waals surface area contributed by atoms with E-state index >= 15 is 0 Å². The molecule has 0 unspecified atom stereocenters. The number of nitrogens with zero attached hydrogens (tertiary/aromatic N) is 3. The molecular weight excluding hydrogens is 504 g/mol. The van der Waals surface area contributed by atoms with Crippen molar-refractivity contribution >= 4 is 11.0 Å². The minimum Gasteiger partial charge on any atom is -0.366 e. The Balaban J connectivity index is 1.66. The number of para-hydroxylation sites is 2. The van der Waals surface area contributed by atoms with Crippen molar-refractivity contribution in [1.29, 1.82) is 0 Å². The molecule has 0 spiro atoms. The van der Waals surface area contributed by atoms with Crippen molar-refractivity contribution in [3.63, 3.8) is 0 Å². The lowest BCUT2D eigenvalue weighted by Crippen LogP contribution is -2.24. The largest absolute Gasteiger partial charge is 0.366 e. The van der Waals surface area contributed by atoms with E-state index in [9.17, 15) is 4.79 Å². The lowest BCUT2D eigenvalue weighted by atomic mass is 9.87. The van der Waals surface area contributed by atoms with Crippen LogP contribution >= 0.6 is 0 Å². The van der Waals surface area contributed by atoms with E-state index in [-0.39, 0.29) is 10.8 Å². The van der Waals surface area contributed by atoms with Crippen molar-refractivity contribution in [2.24, 2.45) is 0 Å². The molecule has 0 bridgehead atoms. The molecule has 0 aliphatic rings. The summed E-state index contributed by atoms with van der Waals surface area (Å²) >= 11 is 0. The van der Waals surface area contributed by atoms with E-state index in [0.29, 0.717) is 17.3 Å². The molecule has 6 aromatic rings. The van der Waals surface area contributed by atoms with Crippen LogP contribution in [0.15, 0.2) is 108 Å². The highest BCUT2D eigenvalue weighted by Gasteiger charge is 2.24. The molecule has 6 rings (SSSR count). The van der Waals surface area contributed by atoms with Gasteiger partial charge < -0.3 is 4.98 Å². The Bertz CT molecular complexity index is 1910. The minimum absolute atomic E-state index is 0.00969. The van der Waals surface area contributed by atoms with Crippen LogP contribution in [0.2, 0.25) is 0 Å². The zero-order valence-corrected chi connectivity index (χ0v) is 24.1. The molecule has 0 amide bonds. The summed E-state index contributed by atoms with van der Waals surface area (Å²) in [4.78, 5) is 27.0. The predicted molar refractivity (Wildman–Crippen MR) is 169 cm³/mol. The van der Waals surface area contributed by atoms with E-state index in [0.717, 1.165) is 44.7 Å². The summed E-state index contributed by atoms with van der Waals surface area (Å²) in [5.41, 5.74) is 9.03. The molecule has 5 nitrogen and oxygen atoms in total. The van der Waals surface area contributed by atoms with Gasteiger partial charge >= 0.3 is 0 Å². The number of aromatic nitrogens is 4. The van der Waals surface area contributed by atoms with Gasteiger partial charge in [0.05, 0.1) is 22.3 Å². The van der Waals surface area contributed by atoms with Crippen LogP contribution in [0.5, 0.6) is 0 Å². The van der Waals surface area contributed by atoms with Crippen LogP contribution in [0, 0.1) is 0 Å². The third-order valence-corrected chi connectivity index (χ3v) is 7.59. The maximum atomic E-state index is 13.9. The second-order valence-corrected chi connectivity index (χ2v) is 11.9. The monoisotopic (exact) mass is 538 g/mol. The van der Waals surface area contributed by atoms with E-state index < -0.39 is 0 Å². The summed E-state index contributed by atoms with van der Waals surface area (Å²) in [6, 6.07) is 29.1. The van der Waals surface area contributed by atoms with Gasteiger partial charge in [-0.15, -0.1) is 0 Å². The normalized spacial score (nSPS) is 11.9. The molecule has 0 atom stereocenters. The number of aromatic amines is 1. The SMILES string of the molecule is CC(C)c1cc(-c2ccccn2)cc(-c2cccc3c2nc(-c2c[nH]cc(C(C)(C)C)c2=O)n3-c2ccccc2)c1. The van der Waals surface area contributed by atoms with Gasteiger partial charge in [0.2, 0.25) is 0 Å². The van der Waals surface area contributed by atoms with Crippen LogP contribution in [-0.2, 0) is 5.41 Å². The van der Waals surface area contributed by atoms with Crippen molar-refractivity contribution in [2.75, 3.05) is 0 Å². The van der Waals surface area contributed by atoms with E-state index in [4.69, 9.17) is 4.98 Å². The number of pyridine rings is 2. The summed E-state index contributed by atoms with van der Waals surface area (Å²) < 4.78 is 2.10. The van der Waals surface area contributed by atoms with Gasteiger partial charge in [-0.3, -0.25) is 14.3 Å². The van der Waals surface area contributed by atoms with Crippen LogP contribution in [0.1, 0.15) is 51.7 Å². The Morgan fingerprint density at radius 1 is 0.805 bits per heavy atom. The maximum Gasteiger partial charge on any atom is 0.196 e. The summed E-state index contributed by atoms with van der Waals surface area (Å²) in [5.74, 6) is 0.962. The first-order chi connectivity index (χ1) is 19.7. The summed E-state index contributed by atoms with van der Waals surface area (Å²) in [7, 11) is 0. The Hall–Kier alpha value is -4.77. The van der Waals surface area contributed by atoms with Gasteiger partial charge in [-0.1, -0.05) is 77.1 Å². The molecule has 3 aromatic carbocycles. The summed E-state index contributed by atoms with van der Waals surface area (Å²) in [6.45, 7) is 10.6. The molecular formula is C36H34N4O. The van der Waals surface area contributed by atoms with Crippen molar-refractivity contribution in [3.8, 4) is 39.5 Å². The number of H-pyrrole nitrogens is 1. The Morgan fingerprint density at radius 3 is 2.27 bits per heavy atom. The highest BCUT2D eigenvalue weighted by molar-refractivity contribution is 5.96. The molecule has 1 N–H and O–H groups in total. The van der Waals surface area contributed by atoms with Gasteiger partial charge in [-0.05, 0) is 64.9 Å². The number of rotatable bonds is 5. The third kappa shape index (κ3) is 4.89. The molecule has 0 radical (unpaired) electrons. The van der Waals surface area contributed by atoms with Crippen LogP contribution in [0.4, 0.5) is 0 Å². The average molecular weight is 539 g/mol. The van der Waals surface area contributed by atoms with Gasteiger partial charge in [-0.2, -0.15) is 0 Å². The summed E-state index contributed by atoms with van der Waals surface area (Å²) in [6.07, 6.45) is 5.41. The molecule has 0 saturated carbocycles. The highest BCUT2D eigenvalue weighted by atomic mass is 16.1. The number of fused-ring (bicyclic) bond motifs is 1. The Labute approximate surface area is 240 Å². The lowest BCUT2D eigenvalue weighted by Gasteiger charge is -2.18. The molecule has 3 aromatic heterocycles. The van der Waals surface area contributed by atoms with Crippen LogP contribution < -0.4 is 5.43 Å².